The van der Waals surface area contributed by atoms with E-state index in [1.807, 2.05) is 0 Å². The molecule has 0 saturated carbocycles. The quantitative estimate of drug-likeness (QED) is 0.441. The summed E-state index contributed by atoms with van der Waals surface area (Å²) in [4.78, 5) is 36.7. The van der Waals surface area contributed by atoms with Crippen molar-refractivity contribution in [3.63, 3.8) is 0 Å². The van der Waals surface area contributed by atoms with Gasteiger partial charge < -0.3 is 10.4 Å². The summed E-state index contributed by atoms with van der Waals surface area (Å²) in [5.41, 5.74) is -0.971. The van der Waals surface area contributed by atoms with Crippen LogP contribution in [0.25, 0.3) is 0 Å². The number of nitro groups is 1. The summed E-state index contributed by atoms with van der Waals surface area (Å²) >= 11 is 7.03. The van der Waals surface area contributed by atoms with Crippen LogP contribution >= 0.6 is 23.4 Å². The molecule has 1 rings (SSSR count). The molecule has 8 nitrogen and oxygen atoms in total. The normalized spacial score (nSPS) is 11.7. The first kappa shape index (κ1) is 17.2. The van der Waals surface area contributed by atoms with Gasteiger partial charge in [-0.1, -0.05) is 11.6 Å². The Morgan fingerprint density at radius 2 is 2.29 bits per heavy atom. The van der Waals surface area contributed by atoms with Crippen LogP contribution in [0.1, 0.15) is 16.8 Å². The van der Waals surface area contributed by atoms with Crippen molar-refractivity contribution in [1.29, 1.82) is 0 Å². The Morgan fingerprint density at radius 3 is 2.81 bits per heavy atom. The molecule has 0 aliphatic heterocycles. The third kappa shape index (κ3) is 4.57. The Bertz CT molecular complexity index is 569. The lowest BCUT2D eigenvalue weighted by Crippen LogP contribution is -2.41. The van der Waals surface area contributed by atoms with E-state index in [1.54, 1.807) is 6.26 Å². The van der Waals surface area contributed by atoms with Crippen LogP contribution in [0.15, 0.2) is 12.3 Å². The van der Waals surface area contributed by atoms with Crippen LogP contribution in [0.2, 0.25) is 5.15 Å². The molecule has 1 aromatic heterocycles. The van der Waals surface area contributed by atoms with Gasteiger partial charge in [-0.25, -0.2) is 9.78 Å². The summed E-state index contributed by atoms with van der Waals surface area (Å²) in [6, 6.07) is -0.0104. The minimum absolute atomic E-state index is 0.203. The number of amides is 1. The van der Waals surface area contributed by atoms with E-state index in [-0.39, 0.29) is 12.0 Å². The highest BCUT2D eigenvalue weighted by atomic mass is 35.5. The fraction of sp³-hybridized carbons (Fsp3) is 0.364. The number of carbonyl (C=O) groups is 2. The smallest absolute Gasteiger partial charge is 0.326 e. The molecule has 1 atom stereocenters. The number of hydrogen-bond donors (Lipinski definition) is 2. The molecule has 1 aromatic rings. The monoisotopic (exact) mass is 333 g/mol. The maximum absolute atomic E-state index is 12.0. The van der Waals surface area contributed by atoms with Crippen molar-refractivity contribution in [3.05, 3.63) is 33.1 Å². The first-order valence-electron chi connectivity index (χ1n) is 5.70. The van der Waals surface area contributed by atoms with Crippen LogP contribution in [-0.2, 0) is 4.79 Å². The first-order chi connectivity index (χ1) is 9.88. The van der Waals surface area contributed by atoms with Crippen LogP contribution in [0.5, 0.6) is 0 Å². The number of hydrogen-bond acceptors (Lipinski definition) is 6. The van der Waals surface area contributed by atoms with Gasteiger partial charge in [-0.2, -0.15) is 11.8 Å². The topological polar surface area (TPSA) is 122 Å². The number of pyridine rings is 1. The maximum Gasteiger partial charge on any atom is 0.326 e. The summed E-state index contributed by atoms with van der Waals surface area (Å²) in [5.74, 6) is -1.56. The minimum Gasteiger partial charge on any atom is -0.480 e. The Kier molecular flexibility index (Phi) is 6.38. The number of carboxylic acid groups (broad SMARTS) is 1. The molecule has 0 saturated heterocycles. The molecule has 21 heavy (non-hydrogen) atoms. The van der Waals surface area contributed by atoms with Gasteiger partial charge in [0.25, 0.3) is 5.91 Å². The van der Waals surface area contributed by atoms with Crippen molar-refractivity contribution < 1.29 is 19.6 Å². The van der Waals surface area contributed by atoms with Crippen molar-refractivity contribution in [3.8, 4) is 0 Å². The minimum atomic E-state index is -1.21. The molecule has 10 heteroatoms. The molecule has 0 fully saturated rings. The van der Waals surface area contributed by atoms with E-state index in [9.17, 15) is 19.7 Å². The van der Waals surface area contributed by atoms with Gasteiger partial charge in [0.2, 0.25) is 5.15 Å². The van der Waals surface area contributed by atoms with E-state index in [0.29, 0.717) is 5.75 Å². The van der Waals surface area contributed by atoms with Crippen LogP contribution in [0.3, 0.4) is 0 Å². The Balaban J connectivity index is 3.00. The fourth-order valence-corrected chi connectivity index (χ4v) is 2.21. The van der Waals surface area contributed by atoms with Gasteiger partial charge in [0.15, 0.2) is 0 Å². The largest absolute Gasteiger partial charge is 0.480 e. The number of nitrogens with one attached hydrogen (secondary N) is 1. The average molecular weight is 334 g/mol. The molecule has 1 amide bonds. The highest BCUT2D eigenvalue weighted by Gasteiger charge is 2.28. The number of nitrogens with zero attached hydrogens (tertiary/aromatic N) is 2. The summed E-state index contributed by atoms with van der Waals surface area (Å²) in [6.07, 6.45) is 3.14. The summed E-state index contributed by atoms with van der Waals surface area (Å²) in [5, 5.41) is 21.8. The number of thioether (sulfide) groups is 1. The molecule has 0 bridgehead atoms. The summed E-state index contributed by atoms with van der Waals surface area (Å²) < 4.78 is 0. The number of halogens is 1. The van der Waals surface area contributed by atoms with Crippen LogP contribution in [0.4, 0.5) is 5.69 Å². The van der Waals surface area contributed by atoms with E-state index in [4.69, 9.17) is 16.7 Å². The van der Waals surface area contributed by atoms with Crippen molar-refractivity contribution in [2.75, 3.05) is 12.0 Å². The van der Waals surface area contributed by atoms with Gasteiger partial charge in [0.05, 0.1) is 4.92 Å². The van der Waals surface area contributed by atoms with Crippen molar-refractivity contribution in [2.45, 2.75) is 12.5 Å². The van der Waals surface area contributed by atoms with Crippen molar-refractivity contribution >= 4 is 40.9 Å². The lowest BCUT2D eigenvalue weighted by atomic mass is 10.1. The first-order valence-corrected chi connectivity index (χ1v) is 7.47. The van der Waals surface area contributed by atoms with E-state index >= 15 is 0 Å². The fourth-order valence-electron chi connectivity index (χ4n) is 1.51. The molecule has 0 unspecified atom stereocenters. The van der Waals surface area contributed by atoms with E-state index in [0.717, 1.165) is 12.3 Å². The van der Waals surface area contributed by atoms with E-state index in [2.05, 4.69) is 10.3 Å². The van der Waals surface area contributed by atoms with Gasteiger partial charge in [-0.3, -0.25) is 14.9 Å². The Morgan fingerprint density at radius 1 is 1.62 bits per heavy atom. The molecular formula is C11H12ClN3O5S. The zero-order valence-electron chi connectivity index (χ0n) is 10.9. The number of aliphatic carboxylic acids is 1. The van der Waals surface area contributed by atoms with E-state index in [1.165, 1.54) is 11.8 Å². The molecule has 2 N–H and O–H groups in total. The lowest BCUT2D eigenvalue weighted by molar-refractivity contribution is -0.385. The van der Waals surface area contributed by atoms with Gasteiger partial charge >= 0.3 is 11.7 Å². The van der Waals surface area contributed by atoms with E-state index < -0.39 is 33.7 Å². The average Bonchev–Trinajstić information content (AvgIpc) is 2.42. The Labute approximate surface area is 129 Å². The predicted octanol–water partition coefficient (Wildman–Crippen LogP) is 1.58. The second kappa shape index (κ2) is 7.79. The third-order valence-electron chi connectivity index (χ3n) is 2.52. The molecular weight excluding hydrogens is 322 g/mol. The number of aromatic nitrogens is 1. The van der Waals surface area contributed by atoms with Crippen molar-refractivity contribution in [1.82, 2.24) is 10.3 Å². The van der Waals surface area contributed by atoms with Crippen LogP contribution in [0, 0.1) is 10.1 Å². The summed E-state index contributed by atoms with van der Waals surface area (Å²) in [7, 11) is 0. The molecule has 0 aliphatic carbocycles. The molecule has 0 aromatic carbocycles. The zero-order valence-corrected chi connectivity index (χ0v) is 12.5. The van der Waals surface area contributed by atoms with Crippen molar-refractivity contribution in [2.24, 2.45) is 0 Å². The summed E-state index contributed by atoms with van der Waals surface area (Å²) in [6.45, 7) is 0. The maximum atomic E-state index is 12.0. The van der Waals surface area contributed by atoms with Crippen LogP contribution < -0.4 is 5.32 Å². The molecule has 0 aliphatic rings. The third-order valence-corrected chi connectivity index (χ3v) is 3.44. The molecule has 0 spiro atoms. The molecule has 0 radical (unpaired) electrons. The molecule has 1 heterocycles. The van der Waals surface area contributed by atoms with Gasteiger partial charge in [-0.05, 0) is 24.5 Å². The van der Waals surface area contributed by atoms with Gasteiger partial charge in [-0.15, -0.1) is 0 Å². The van der Waals surface area contributed by atoms with Gasteiger partial charge in [0, 0.05) is 6.20 Å². The highest BCUT2D eigenvalue weighted by Crippen LogP contribution is 2.25. The Hall–Kier alpha value is -1.87. The SMILES string of the molecule is CSCC[C@H](NC(=O)c1ccnc(Cl)c1[N+](=O)[O-])C(=O)O. The number of carbonyl (C=O) groups excluding carboxylic acids is 1. The molecule has 114 valence electrons. The second-order valence-corrected chi connectivity index (χ2v) is 5.24. The standard InChI is InChI=1S/C11H12ClN3O5S/c1-21-5-3-7(11(17)18)14-10(16)6-2-4-13-9(12)8(6)15(19)20/h2,4,7H,3,5H2,1H3,(H,14,16)(H,17,18)/t7-/m0/s1. The highest BCUT2D eigenvalue weighted by molar-refractivity contribution is 7.98. The lowest BCUT2D eigenvalue weighted by Gasteiger charge is -2.14. The van der Waals surface area contributed by atoms with Crippen LogP contribution in [-0.4, -0.2) is 44.9 Å². The zero-order chi connectivity index (χ0) is 16.0. The van der Waals surface area contributed by atoms with Gasteiger partial charge in [0.1, 0.15) is 11.6 Å². The predicted molar refractivity (Wildman–Crippen MR) is 77.8 cm³/mol. The second-order valence-electron chi connectivity index (χ2n) is 3.90. The number of rotatable bonds is 7. The number of carboxylic acids is 1.